The van der Waals surface area contributed by atoms with E-state index in [9.17, 15) is 22.4 Å². The van der Waals surface area contributed by atoms with Crippen LogP contribution in [0, 0.1) is 5.82 Å². The van der Waals surface area contributed by atoms with Gasteiger partial charge >= 0.3 is 6.18 Å². The Kier molecular flexibility index (Phi) is 3.33. The molecule has 2 aromatic rings. The van der Waals surface area contributed by atoms with Gasteiger partial charge in [-0.05, 0) is 23.8 Å². The Hall–Kier alpha value is -2.24. The summed E-state index contributed by atoms with van der Waals surface area (Å²) in [6, 6.07) is 3.69. The summed E-state index contributed by atoms with van der Waals surface area (Å²) in [7, 11) is 0. The highest BCUT2D eigenvalue weighted by Crippen LogP contribution is 2.33. The molecule has 0 aliphatic rings. The predicted octanol–water partition coefficient (Wildman–Crippen LogP) is 3.72. The van der Waals surface area contributed by atoms with E-state index in [-0.39, 0.29) is 16.7 Å². The first-order valence-electron chi connectivity index (χ1n) is 5.19. The summed E-state index contributed by atoms with van der Waals surface area (Å²) in [5, 5.41) is 0. The number of alkyl halides is 3. The van der Waals surface area contributed by atoms with Gasteiger partial charge in [0, 0.05) is 17.3 Å². The first-order valence-corrected chi connectivity index (χ1v) is 5.19. The molecule has 0 saturated heterocycles. The van der Waals surface area contributed by atoms with E-state index in [1.54, 1.807) is 0 Å². The summed E-state index contributed by atoms with van der Waals surface area (Å²) in [6.45, 7) is 0. The van der Waals surface area contributed by atoms with E-state index in [1.807, 2.05) is 0 Å². The minimum atomic E-state index is -4.53. The minimum Gasteiger partial charge on any atom is -0.298 e. The second-order valence-electron chi connectivity index (χ2n) is 3.81. The third kappa shape index (κ3) is 2.78. The van der Waals surface area contributed by atoms with Crippen molar-refractivity contribution in [3.8, 4) is 11.1 Å². The summed E-state index contributed by atoms with van der Waals surface area (Å²) in [4.78, 5) is 14.4. The zero-order valence-electron chi connectivity index (χ0n) is 9.41. The van der Waals surface area contributed by atoms with E-state index in [4.69, 9.17) is 0 Å². The van der Waals surface area contributed by atoms with Crippen molar-refractivity contribution in [1.82, 2.24) is 4.98 Å². The van der Waals surface area contributed by atoms with Crippen LogP contribution in [0.25, 0.3) is 11.1 Å². The molecule has 0 aliphatic carbocycles. The van der Waals surface area contributed by atoms with Crippen molar-refractivity contribution in [2.24, 2.45) is 0 Å². The van der Waals surface area contributed by atoms with Gasteiger partial charge < -0.3 is 0 Å². The SMILES string of the molecule is O=Cc1ccc(C(F)(F)F)cc1-c1cncc(F)c1. The van der Waals surface area contributed by atoms with Gasteiger partial charge in [0.1, 0.15) is 5.82 Å². The van der Waals surface area contributed by atoms with E-state index in [2.05, 4.69) is 4.98 Å². The van der Waals surface area contributed by atoms with Gasteiger partial charge in [-0.3, -0.25) is 9.78 Å². The molecule has 0 fully saturated rings. The lowest BCUT2D eigenvalue weighted by Crippen LogP contribution is -2.05. The summed E-state index contributed by atoms with van der Waals surface area (Å²) >= 11 is 0. The fourth-order valence-electron chi connectivity index (χ4n) is 1.64. The molecule has 6 heteroatoms. The Morgan fingerprint density at radius 1 is 1.11 bits per heavy atom. The van der Waals surface area contributed by atoms with Gasteiger partial charge in [0.25, 0.3) is 0 Å². The maximum Gasteiger partial charge on any atom is 0.416 e. The Bertz CT molecular complexity index is 622. The Balaban J connectivity index is 2.63. The van der Waals surface area contributed by atoms with Crippen LogP contribution in [0.2, 0.25) is 0 Å². The first-order chi connectivity index (χ1) is 8.91. The molecule has 0 spiro atoms. The fraction of sp³-hybridized carbons (Fsp3) is 0.0769. The zero-order chi connectivity index (χ0) is 14.0. The molecule has 0 atom stereocenters. The molecule has 1 heterocycles. The summed E-state index contributed by atoms with van der Waals surface area (Å²) < 4.78 is 50.9. The number of pyridine rings is 1. The molecule has 98 valence electrons. The van der Waals surface area contributed by atoms with E-state index < -0.39 is 17.6 Å². The molecule has 2 rings (SSSR count). The van der Waals surface area contributed by atoms with Crippen molar-refractivity contribution in [2.75, 3.05) is 0 Å². The monoisotopic (exact) mass is 269 g/mol. The van der Waals surface area contributed by atoms with Crippen molar-refractivity contribution in [1.29, 1.82) is 0 Å². The molecule has 0 unspecified atom stereocenters. The number of rotatable bonds is 2. The van der Waals surface area contributed by atoms with E-state index in [0.29, 0.717) is 6.29 Å². The highest BCUT2D eigenvalue weighted by molar-refractivity contribution is 5.87. The highest BCUT2D eigenvalue weighted by atomic mass is 19.4. The third-order valence-corrected chi connectivity index (χ3v) is 2.52. The van der Waals surface area contributed by atoms with E-state index >= 15 is 0 Å². The largest absolute Gasteiger partial charge is 0.416 e. The van der Waals surface area contributed by atoms with Crippen LogP contribution in [0.3, 0.4) is 0 Å². The standard InChI is InChI=1S/C13H7F4NO/c14-11-3-9(5-18-6-11)12-4-10(13(15,16)17)2-1-8(12)7-19/h1-7H. The number of carbonyl (C=O) groups is 1. The van der Waals surface area contributed by atoms with Crippen LogP contribution in [-0.2, 0) is 6.18 Å². The average molecular weight is 269 g/mol. The smallest absolute Gasteiger partial charge is 0.298 e. The maximum absolute atomic E-state index is 13.0. The Labute approximate surface area is 105 Å². The number of benzene rings is 1. The number of aromatic nitrogens is 1. The van der Waals surface area contributed by atoms with Crippen molar-refractivity contribution >= 4 is 6.29 Å². The summed E-state index contributed by atoms with van der Waals surface area (Å²) in [6.07, 6.45) is -1.99. The van der Waals surface area contributed by atoms with Gasteiger partial charge in [0.05, 0.1) is 11.8 Å². The lowest BCUT2D eigenvalue weighted by atomic mass is 9.99. The molecular formula is C13H7F4NO. The van der Waals surface area contributed by atoms with E-state index in [0.717, 1.165) is 30.5 Å². The van der Waals surface area contributed by atoms with Crippen molar-refractivity contribution in [3.63, 3.8) is 0 Å². The molecule has 0 radical (unpaired) electrons. The van der Waals surface area contributed by atoms with Gasteiger partial charge in [-0.15, -0.1) is 0 Å². The van der Waals surface area contributed by atoms with Crippen LogP contribution < -0.4 is 0 Å². The first kappa shape index (κ1) is 13.2. The summed E-state index contributed by atoms with van der Waals surface area (Å²) in [5.74, 6) is -0.688. The molecule has 1 aromatic heterocycles. The predicted molar refractivity (Wildman–Crippen MR) is 60.0 cm³/mol. The van der Waals surface area contributed by atoms with Crippen molar-refractivity contribution in [3.05, 3.63) is 53.6 Å². The average Bonchev–Trinajstić information content (AvgIpc) is 2.37. The normalized spacial score (nSPS) is 11.4. The molecule has 0 bridgehead atoms. The quantitative estimate of drug-likeness (QED) is 0.614. The zero-order valence-corrected chi connectivity index (χ0v) is 9.41. The number of hydrogen-bond donors (Lipinski definition) is 0. The number of nitrogens with zero attached hydrogens (tertiary/aromatic N) is 1. The molecule has 0 N–H and O–H groups in total. The van der Waals surface area contributed by atoms with Crippen LogP contribution in [0.4, 0.5) is 17.6 Å². The molecule has 0 amide bonds. The molecule has 0 aliphatic heterocycles. The minimum absolute atomic E-state index is 0.00294. The van der Waals surface area contributed by atoms with Gasteiger partial charge in [0.2, 0.25) is 0 Å². The lowest BCUT2D eigenvalue weighted by Gasteiger charge is -2.10. The molecule has 2 nitrogen and oxygen atoms in total. The lowest BCUT2D eigenvalue weighted by molar-refractivity contribution is -0.137. The van der Waals surface area contributed by atoms with Gasteiger partial charge in [-0.2, -0.15) is 13.2 Å². The van der Waals surface area contributed by atoms with Gasteiger partial charge in [0.15, 0.2) is 6.29 Å². The van der Waals surface area contributed by atoms with Crippen LogP contribution >= 0.6 is 0 Å². The second kappa shape index (κ2) is 4.79. The van der Waals surface area contributed by atoms with Crippen LogP contribution in [-0.4, -0.2) is 11.3 Å². The number of aldehydes is 1. The number of hydrogen-bond acceptors (Lipinski definition) is 2. The number of carbonyl (C=O) groups excluding carboxylic acids is 1. The van der Waals surface area contributed by atoms with Crippen molar-refractivity contribution in [2.45, 2.75) is 6.18 Å². The topological polar surface area (TPSA) is 30.0 Å². The van der Waals surface area contributed by atoms with Crippen LogP contribution in [0.15, 0.2) is 36.7 Å². The number of halogens is 4. The highest BCUT2D eigenvalue weighted by Gasteiger charge is 2.31. The van der Waals surface area contributed by atoms with Crippen LogP contribution in [0.5, 0.6) is 0 Å². The van der Waals surface area contributed by atoms with Gasteiger partial charge in [-0.1, -0.05) is 6.07 Å². The van der Waals surface area contributed by atoms with Gasteiger partial charge in [-0.25, -0.2) is 4.39 Å². The van der Waals surface area contributed by atoms with E-state index in [1.165, 1.54) is 6.20 Å². The molecule has 19 heavy (non-hydrogen) atoms. The fourth-order valence-corrected chi connectivity index (χ4v) is 1.64. The molecule has 1 aromatic carbocycles. The third-order valence-electron chi connectivity index (χ3n) is 2.52. The Morgan fingerprint density at radius 2 is 1.84 bits per heavy atom. The maximum atomic E-state index is 13.0. The second-order valence-corrected chi connectivity index (χ2v) is 3.81. The van der Waals surface area contributed by atoms with Crippen LogP contribution in [0.1, 0.15) is 15.9 Å². The van der Waals surface area contributed by atoms with Crippen molar-refractivity contribution < 1.29 is 22.4 Å². The molecule has 0 saturated carbocycles. The Morgan fingerprint density at radius 3 is 2.42 bits per heavy atom. The summed E-state index contributed by atoms with van der Waals surface area (Å²) in [5.41, 5.74) is -0.747. The molecular weight excluding hydrogens is 262 g/mol.